The van der Waals surface area contributed by atoms with Crippen LogP contribution in [0.3, 0.4) is 0 Å². The van der Waals surface area contributed by atoms with E-state index in [1.54, 1.807) is 13.8 Å². The van der Waals surface area contributed by atoms with Crippen LogP contribution in [0.1, 0.15) is 25.8 Å². The number of carbonyl (C=O) groups excluding carboxylic acids is 1. The summed E-state index contributed by atoms with van der Waals surface area (Å²) in [7, 11) is 0. The number of ether oxygens (including phenoxy) is 1. The standard InChI is InChI=1S/C14H13Cl2NO3/c1-3-9(11(7-17)14(19)20-4-2)10-5-8(15)6-12(16)13(10)18/h5-6,18H,3-4H2,1-2H3/b11-9+. The van der Waals surface area contributed by atoms with Crippen LogP contribution >= 0.6 is 23.2 Å². The van der Waals surface area contributed by atoms with Crippen molar-refractivity contribution in [3.63, 3.8) is 0 Å². The normalized spacial score (nSPS) is 11.6. The Kier molecular flexibility index (Phi) is 5.87. The van der Waals surface area contributed by atoms with Crippen molar-refractivity contribution in [3.05, 3.63) is 33.3 Å². The Bertz CT molecular complexity index is 603. The predicted molar refractivity (Wildman–Crippen MR) is 77.6 cm³/mol. The van der Waals surface area contributed by atoms with Gasteiger partial charge >= 0.3 is 5.97 Å². The van der Waals surface area contributed by atoms with E-state index < -0.39 is 5.97 Å². The first-order chi connectivity index (χ1) is 9.46. The maximum atomic E-state index is 11.8. The fourth-order valence-electron chi connectivity index (χ4n) is 1.74. The van der Waals surface area contributed by atoms with E-state index in [0.717, 1.165) is 0 Å². The lowest BCUT2D eigenvalue weighted by atomic mass is 9.97. The van der Waals surface area contributed by atoms with E-state index in [0.29, 0.717) is 17.0 Å². The van der Waals surface area contributed by atoms with E-state index >= 15 is 0 Å². The smallest absolute Gasteiger partial charge is 0.349 e. The molecule has 0 aliphatic rings. The monoisotopic (exact) mass is 313 g/mol. The number of esters is 1. The molecule has 106 valence electrons. The summed E-state index contributed by atoms with van der Waals surface area (Å²) >= 11 is 11.7. The minimum Gasteiger partial charge on any atom is -0.506 e. The fraction of sp³-hybridized carbons (Fsp3) is 0.286. The molecule has 0 radical (unpaired) electrons. The van der Waals surface area contributed by atoms with Crippen LogP contribution in [0.15, 0.2) is 17.7 Å². The molecule has 0 fully saturated rings. The van der Waals surface area contributed by atoms with Gasteiger partial charge < -0.3 is 9.84 Å². The van der Waals surface area contributed by atoms with Gasteiger partial charge in [0.2, 0.25) is 0 Å². The second-order valence-corrected chi connectivity index (χ2v) is 4.67. The van der Waals surface area contributed by atoms with Crippen LogP contribution in [0, 0.1) is 11.3 Å². The van der Waals surface area contributed by atoms with Crippen molar-refractivity contribution < 1.29 is 14.6 Å². The third-order valence-corrected chi connectivity index (χ3v) is 3.11. The first-order valence-electron chi connectivity index (χ1n) is 5.94. The van der Waals surface area contributed by atoms with Crippen molar-refractivity contribution in [1.29, 1.82) is 5.26 Å². The molecule has 6 heteroatoms. The van der Waals surface area contributed by atoms with E-state index in [9.17, 15) is 9.90 Å². The van der Waals surface area contributed by atoms with Crippen LogP contribution in [0.5, 0.6) is 5.75 Å². The van der Waals surface area contributed by atoms with Crippen molar-refractivity contribution in [1.82, 2.24) is 0 Å². The lowest BCUT2D eigenvalue weighted by Gasteiger charge is -2.12. The van der Waals surface area contributed by atoms with Gasteiger partial charge in [-0.05, 0) is 31.1 Å². The Hall–Kier alpha value is -1.70. The number of benzene rings is 1. The summed E-state index contributed by atoms with van der Waals surface area (Å²) in [5.41, 5.74) is 0.436. The van der Waals surface area contributed by atoms with Gasteiger partial charge in [0, 0.05) is 10.6 Å². The summed E-state index contributed by atoms with van der Waals surface area (Å²) in [5, 5.41) is 19.5. The molecule has 1 rings (SSSR count). The van der Waals surface area contributed by atoms with Crippen LogP contribution in [0.2, 0.25) is 10.0 Å². The maximum Gasteiger partial charge on any atom is 0.349 e. The zero-order valence-electron chi connectivity index (χ0n) is 11.0. The van der Waals surface area contributed by atoms with Crippen LogP contribution in [0.25, 0.3) is 5.57 Å². The number of halogens is 2. The third kappa shape index (κ3) is 3.44. The number of nitriles is 1. The number of nitrogens with zero attached hydrogens (tertiary/aromatic N) is 1. The second-order valence-electron chi connectivity index (χ2n) is 3.82. The van der Waals surface area contributed by atoms with Crippen molar-refractivity contribution in [2.45, 2.75) is 20.3 Å². The van der Waals surface area contributed by atoms with Crippen LogP contribution in [-0.4, -0.2) is 17.7 Å². The summed E-state index contributed by atoms with van der Waals surface area (Å²) in [5.74, 6) is -0.952. The number of phenols is 1. The topological polar surface area (TPSA) is 70.3 Å². The van der Waals surface area contributed by atoms with Gasteiger partial charge in [0.15, 0.2) is 0 Å². The highest BCUT2D eigenvalue weighted by Crippen LogP contribution is 2.37. The molecule has 0 aromatic heterocycles. The molecule has 1 aromatic carbocycles. The molecule has 0 atom stereocenters. The average molecular weight is 314 g/mol. The summed E-state index contributed by atoms with van der Waals surface area (Å²) in [4.78, 5) is 11.8. The Labute approximate surface area is 127 Å². The Morgan fingerprint density at radius 1 is 1.40 bits per heavy atom. The third-order valence-electron chi connectivity index (χ3n) is 2.60. The van der Waals surface area contributed by atoms with Crippen LogP contribution in [-0.2, 0) is 9.53 Å². The van der Waals surface area contributed by atoms with E-state index in [2.05, 4.69) is 0 Å². The molecule has 1 N–H and O–H groups in total. The number of allylic oxidation sites excluding steroid dienone is 1. The van der Waals surface area contributed by atoms with Gasteiger partial charge in [-0.2, -0.15) is 5.26 Å². The zero-order chi connectivity index (χ0) is 15.3. The van der Waals surface area contributed by atoms with Crippen molar-refractivity contribution in [3.8, 4) is 11.8 Å². The fourth-order valence-corrected chi connectivity index (χ4v) is 2.23. The highest BCUT2D eigenvalue weighted by molar-refractivity contribution is 6.36. The first-order valence-corrected chi connectivity index (χ1v) is 6.70. The van der Waals surface area contributed by atoms with Crippen molar-refractivity contribution in [2.75, 3.05) is 6.61 Å². The van der Waals surface area contributed by atoms with Crippen LogP contribution < -0.4 is 0 Å². The van der Waals surface area contributed by atoms with Gasteiger partial charge in [-0.15, -0.1) is 0 Å². The molecule has 0 heterocycles. The van der Waals surface area contributed by atoms with E-state index in [1.165, 1.54) is 12.1 Å². The highest BCUT2D eigenvalue weighted by atomic mass is 35.5. The van der Waals surface area contributed by atoms with E-state index in [-0.39, 0.29) is 28.5 Å². The lowest BCUT2D eigenvalue weighted by molar-refractivity contribution is -0.137. The zero-order valence-corrected chi connectivity index (χ0v) is 12.5. The number of aromatic hydroxyl groups is 1. The maximum absolute atomic E-state index is 11.8. The largest absolute Gasteiger partial charge is 0.506 e. The molecule has 0 aliphatic heterocycles. The van der Waals surface area contributed by atoms with Crippen molar-refractivity contribution >= 4 is 34.7 Å². The SMILES string of the molecule is CCOC(=O)/C(C#N)=C(\CC)c1cc(Cl)cc(Cl)c1O. The number of phenolic OH excluding ortho intramolecular Hbond substituents is 1. The lowest BCUT2D eigenvalue weighted by Crippen LogP contribution is -2.08. The number of hydrogen-bond donors (Lipinski definition) is 1. The minimum atomic E-state index is -0.734. The minimum absolute atomic E-state index is 0.0552. The summed E-state index contributed by atoms with van der Waals surface area (Å²) < 4.78 is 4.83. The quantitative estimate of drug-likeness (QED) is 0.519. The van der Waals surface area contributed by atoms with Crippen LogP contribution in [0.4, 0.5) is 0 Å². The molecule has 0 spiro atoms. The van der Waals surface area contributed by atoms with Crippen molar-refractivity contribution in [2.24, 2.45) is 0 Å². The molecule has 20 heavy (non-hydrogen) atoms. The van der Waals surface area contributed by atoms with E-state index in [1.807, 2.05) is 6.07 Å². The number of hydrogen-bond acceptors (Lipinski definition) is 4. The average Bonchev–Trinajstić information content (AvgIpc) is 2.40. The van der Waals surface area contributed by atoms with E-state index in [4.69, 9.17) is 33.2 Å². The number of rotatable bonds is 4. The van der Waals surface area contributed by atoms with Gasteiger partial charge in [0.25, 0.3) is 0 Å². The van der Waals surface area contributed by atoms with Gasteiger partial charge in [0.1, 0.15) is 17.4 Å². The highest BCUT2D eigenvalue weighted by Gasteiger charge is 2.20. The molecule has 0 saturated heterocycles. The van der Waals surface area contributed by atoms with Gasteiger partial charge in [-0.3, -0.25) is 0 Å². The summed E-state index contributed by atoms with van der Waals surface area (Å²) in [6.45, 7) is 3.55. The summed E-state index contributed by atoms with van der Waals surface area (Å²) in [6, 6.07) is 4.65. The Morgan fingerprint density at radius 3 is 2.55 bits per heavy atom. The first kappa shape index (κ1) is 16.4. The molecule has 0 bridgehead atoms. The van der Waals surface area contributed by atoms with Gasteiger partial charge in [-0.1, -0.05) is 30.1 Å². The second kappa shape index (κ2) is 7.18. The number of carbonyl (C=O) groups is 1. The molecule has 0 saturated carbocycles. The summed E-state index contributed by atoms with van der Waals surface area (Å²) in [6.07, 6.45) is 0.339. The molecule has 0 unspecified atom stereocenters. The van der Waals surface area contributed by atoms with Gasteiger partial charge in [0.05, 0.1) is 11.6 Å². The molecule has 0 aliphatic carbocycles. The molecule has 0 amide bonds. The molecule has 4 nitrogen and oxygen atoms in total. The Morgan fingerprint density at radius 2 is 2.05 bits per heavy atom. The molecular weight excluding hydrogens is 301 g/mol. The molecular formula is C14H13Cl2NO3. The Balaban J connectivity index is 3.53. The molecule has 1 aromatic rings. The predicted octanol–water partition coefficient (Wildman–Crippen LogP) is 3.95. The van der Waals surface area contributed by atoms with Gasteiger partial charge in [-0.25, -0.2) is 4.79 Å².